The van der Waals surface area contributed by atoms with Crippen LogP contribution in [0.4, 0.5) is 0 Å². The van der Waals surface area contributed by atoms with Crippen LogP contribution in [0.25, 0.3) is 10.9 Å². The number of ether oxygens (including phenoxy) is 1. The third-order valence-corrected chi connectivity index (χ3v) is 5.39. The zero-order valence-corrected chi connectivity index (χ0v) is 14.8. The standard InChI is InChI=1S/C20H20ClN3O/c1-12-10-14(25-9-7-22)3-4-15(12)19-20-16(6-8-23-19)17-11-13(21)2-5-18(17)24-20/h2-5,10-12,15,19,23-24H,6,8-9H2,1H3. The molecular weight excluding hydrogens is 334 g/mol. The highest BCUT2D eigenvalue weighted by atomic mass is 35.5. The number of aromatic amines is 1. The van der Waals surface area contributed by atoms with Gasteiger partial charge in [0.15, 0.2) is 6.61 Å². The molecule has 0 amide bonds. The second-order valence-electron chi connectivity index (χ2n) is 6.70. The summed E-state index contributed by atoms with van der Waals surface area (Å²) in [5.74, 6) is 1.43. The van der Waals surface area contributed by atoms with Crippen LogP contribution in [-0.2, 0) is 11.2 Å². The quantitative estimate of drug-likeness (QED) is 0.866. The van der Waals surface area contributed by atoms with Gasteiger partial charge in [0.1, 0.15) is 11.8 Å². The fraction of sp³-hybridized carbons (Fsp3) is 0.350. The van der Waals surface area contributed by atoms with Gasteiger partial charge in [-0.15, -0.1) is 0 Å². The lowest BCUT2D eigenvalue weighted by Gasteiger charge is -2.34. The molecule has 2 aromatic rings. The van der Waals surface area contributed by atoms with E-state index in [1.165, 1.54) is 16.6 Å². The molecular formula is C20H20ClN3O. The zero-order chi connectivity index (χ0) is 17.4. The topological polar surface area (TPSA) is 60.8 Å². The van der Waals surface area contributed by atoms with Crippen LogP contribution < -0.4 is 5.32 Å². The number of hydrogen-bond donors (Lipinski definition) is 2. The molecule has 2 N–H and O–H groups in total. The average Bonchev–Trinajstić information content (AvgIpc) is 2.98. The molecule has 3 atom stereocenters. The van der Waals surface area contributed by atoms with E-state index in [0.717, 1.165) is 29.3 Å². The van der Waals surface area contributed by atoms with Crippen molar-refractivity contribution in [3.63, 3.8) is 0 Å². The summed E-state index contributed by atoms with van der Waals surface area (Å²) in [6.45, 7) is 3.23. The van der Waals surface area contributed by atoms with Crippen LogP contribution in [0.3, 0.4) is 0 Å². The first-order valence-electron chi connectivity index (χ1n) is 8.60. The highest BCUT2D eigenvalue weighted by Gasteiger charge is 2.33. The monoisotopic (exact) mass is 353 g/mol. The summed E-state index contributed by atoms with van der Waals surface area (Å²) < 4.78 is 5.44. The molecule has 3 unspecified atom stereocenters. The number of nitrogens with zero attached hydrogens (tertiary/aromatic N) is 1. The van der Waals surface area contributed by atoms with Crippen molar-refractivity contribution < 1.29 is 4.74 Å². The lowest BCUT2D eigenvalue weighted by molar-refractivity contribution is 0.250. The molecule has 0 fully saturated rings. The summed E-state index contributed by atoms with van der Waals surface area (Å²) in [6.07, 6.45) is 7.29. The fourth-order valence-electron chi connectivity index (χ4n) is 3.99. The van der Waals surface area contributed by atoms with E-state index in [1.54, 1.807) is 0 Å². The van der Waals surface area contributed by atoms with Crippen molar-refractivity contribution in [3.05, 3.63) is 58.5 Å². The van der Waals surface area contributed by atoms with Crippen molar-refractivity contribution in [3.8, 4) is 6.07 Å². The van der Waals surface area contributed by atoms with Crippen LogP contribution in [0.2, 0.25) is 5.02 Å². The molecule has 1 aliphatic heterocycles. The number of fused-ring (bicyclic) bond motifs is 3. The Morgan fingerprint density at radius 3 is 3.08 bits per heavy atom. The number of benzene rings is 1. The molecule has 5 heteroatoms. The summed E-state index contributed by atoms with van der Waals surface area (Å²) in [6, 6.07) is 8.29. The van der Waals surface area contributed by atoms with Crippen LogP contribution in [0.5, 0.6) is 0 Å². The summed E-state index contributed by atoms with van der Waals surface area (Å²) in [4.78, 5) is 3.61. The summed E-state index contributed by atoms with van der Waals surface area (Å²) in [7, 11) is 0. The molecule has 0 saturated heterocycles. The van der Waals surface area contributed by atoms with E-state index in [4.69, 9.17) is 21.6 Å². The van der Waals surface area contributed by atoms with Crippen LogP contribution in [0.1, 0.15) is 24.2 Å². The molecule has 0 saturated carbocycles. The van der Waals surface area contributed by atoms with E-state index in [0.29, 0.717) is 11.8 Å². The normalized spacial score (nSPS) is 25.3. The minimum atomic E-state index is 0.0855. The maximum atomic E-state index is 8.67. The van der Waals surface area contributed by atoms with Crippen LogP contribution in [0.15, 0.2) is 42.2 Å². The Kier molecular flexibility index (Phi) is 4.29. The summed E-state index contributed by atoms with van der Waals surface area (Å²) in [5, 5.41) is 14.3. The molecule has 25 heavy (non-hydrogen) atoms. The van der Waals surface area contributed by atoms with Gasteiger partial charge in [-0.25, -0.2) is 0 Å². The van der Waals surface area contributed by atoms with Gasteiger partial charge >= 0.3 is 0 Å². The van der Waals surface area contributed by atoms with Gasteiger partial charge in [-0.05, 0) is 54.8 Å². The maximum Gasteiger partial charge on any atom is 0.174 e. The van der Waals surface area contributed by atoms with Gasteiger partial charge in [-0.1, -0.05) is 24.6 Å². The van der Waals surface area contributed by atoms with Gasteiger partial charge in [0.25, 0.3) is 0 Å². The maximum absolute atomic E-state index is 8.67. The molecule has 2 heterocycles. The van der Waals surface area contributed by atoms with E-state index in [1.807, 2.05) is 18.2 Å². The number of halogens is 1. The van der Waals surface area contributed by atoms with Crippen LogP contribution in [0, 0.1) is 23.2 Å². The number of aromatic nitrogens is 1. The van der Waals surface area contributed by atoms with Crippen molar-refractivity contribution in [1.82, 2.24) is 10.3 Å². The number of rotatable bonds is 3. The number of H-pyrrole nitrogens is 1. The lowest BCUT2D eigenvalue weighted by Crippen LogP contribution is -2.36. The third-order valence-electron chi connectivity index (χ3n) is 5.16. The Morgan fingerprint density at radius 2 is 2.28 bits per heavy atom. The van der Waals surface area contributed by atoms with Gasteiger partial charge in [-0.2, -0.15) is 5.26 Å². The lowest BCUT2D eigenvalue weighted by atomic mass is 9.80. The molecule has 1 aromatic heterocycles. The number of nitrogens with one attached hydrogen (secondary N) is 2. The van der Waals surface area contributed by atoms with Crippen molar-refractivity contribution in [2.45, 2.75) is 19.4 Å². The number of hydrogen-bond acceptors (Lipinski definition) is 3. The Bertz CT molecular complexity index is 906. The molecule has 0 radical (unpaired) electrons. The smallest absolute Gasteiger partial charge is 0.174 e. The SMILES string of the molecule is CC1C=C(OCC#N)C=CC1C1NCCc2c1[nH]c1ccc(Cl)cc21. The van der Waals surface area contributed by atoms with Crippen molar-refractivity contribution in [2.75, 3.05) is 13.2 Å². The van der Waals surface area contributed by atoms with Crippen LogP contribution in [-0.4, -0.2) is 18.1 Å². The minimum absolute atomic E-state index is 0.0855. The van der Waals surface area contributed by atoms with Gasteiger partial charge in [0, 0.05) is 27.5 Å². The van der Waals surface area contributed by atoms with Crippen molar-refractivity contribution in [2.24, 2.45) is 11.8 Å². The number of nitriles is 1. The third kappa shape index (κ3) is 2.95. The van der Waals surface area contributed by atoms with Gasteiger partial charge in [-0.3, -0.25) is 0 Å². The molecule has 0 bridgehead atoms. The Hall–Kier alpha value is -2.22. The number of allylic oxidation sites excluding steroid dienone is 2. The molecule has 4 nitrogen and oxygen atoms in total. The van der Waals surface area contributed by atoms with E-state index >= 15 is 0 Å². The fourth-order valence-corrected chi connectivity index (χ4v) is 4.16. The summed E-state index contributed by atoms with van der Waals surface area (Å²) >= 11 is 6.20. The first-order chi connectivity index (χ1) is 12.2. The van der Waals surface area contributed by atoms with E-state index in [9.17, 15) is 0 Å². The predicted molar refractivity (Wildman–Crippen MR) is 99.2 cm³/mol. The van der Waals surface area contributed by atoms with Gasteiger partial charge < -0.3 is 15.0 Å². The molecule has 0 spiro atoms. The van der Waals surface area contributed by atoms with Crippen molar-refractivity contribution in [1.29, 1.82) is 5.26 Å². The minimum Gasteiger partial charge on any atom is -0.479 e. The Balaban J connectivity index is 1.66. The largest absolute Gasteiger partial charge is 0.479 e. The molecule has 4 rings (SSSR count). The summed E-state index contributed by atoms with van der Waals surface area (Å²) in [5.41, 5.74) is 3.78. The second-order valence-corrected chi connectivity index (χ2v) is 7.14. The predicted octanol–water partition coefficient (Wildman–Crippen LogP) is 4.25. The van der Waals surface area contributed by atoms with E-state index in [-0.39, 0.29) is 12.6 Å². The second kappa shape index (κ2) is 6.59. The molecule has 128 valence electrons. The zero-order valence-electron chi connectivity index (χ0n) is 14.1. The Morgan fingerprint density at radius 1 is 1.40 bits per heavy atom. The highest BCUT2D eigenvalue weighted by Crippen LogP contribution is 2.39. The molecule has 1 aliphatic carbocycles. The van der Waals surface area contributed by atoms with Crippen LogP contribution >= 0.6 is 11.6 Å². The van der Waals surface area contributed by atoms with E-state index < -0.39 is 0 Å². The van der Waals surface area contributed by atoms with Gasteiger partial charge in [0.2, 0.25) is 0 Å². The first kappa shape index (κ1) is 16.3. The van der Waals surface area contributed by atoms with E-state index in [2.05, 4.69) is 41.5 Å². The van der Waals surface area contributed by atoms with Crippen molar-refractivity contribution >= 4 is 22.5 Å². The molecule has 2 aliphatic rings. The highest BCUT2D eigenvalue weighted by molar-refractivity contribution is 6.31. The Labute approximate surface area is 152 Å². The first-order valence-corrected chi connectivity index (χ1v) is 8.98. The average molecular weight is 354 g/mol. The van der Waals surface area contributed by atoms with Gasteiger partial charge in [0.05, 0.1) is 6.04 Å². The molecule has 1 aromatic carbocycles.